The van der Waals surface area contributed by atoms with Crippen LogP contribution >= 0.6 is 27.3 Å². The number of amides is 2. The molecule has 2 rings (SSSR count). The Bertz CT molecular complexity index is 674. The van der Waals surface area contributed by atoms with Crippen LogP contribution < -0.4 is 10.6 Å². The van der Waals surface area contributed by atoms with Crippen molar-refractivity contribution in [1.29, 1.82) is 0 Å². The summed E-state index contributed by atoms with van der Waals surface area (Å²) in [6, 6.07) is 5.62. The Labute approximate surface area is 133 Å². The fourth-order valence-electron chi connectivity index (χ4n) is 1.49. The maximum absolute atomic E-state index is 12.0. The summed E-state index contributed by atoms with van der Waals surface area (Å²) in [6.45, 7) is 1.55. The highest BCUT2D eigenvalue weighted by atomic mass is 79.9. The van der Waals surface area contributed by atoms with E-state index in [2.05, 4.69) is 31.5 Å². The van der Waals surface area contributed by atoms with Gasteiger partial charge in [0.1, 0.15) is 6.04 Å². The van der Waals surface area contributed by atoms with Gasteiger partial charge in [-0.1, -0.05) is 0 Å². The number of pyridine rings is 1. The van der Waals surface area contributed by atoms with Gasteiger partial charge in [-0.3, -0.25) is 9.59 Å². The Morgan fingerprint density at radius 2 is 2.14 bits per heavy atom. The number of hydrogen-bond acceptors (Lipinski definition) is 5. The smallest absolute Gasteiger partial charge is 0.262 e. The molecule has 0 spiro atoms. The van der Waals surface area contributed by atoms with Gasteiger partial charge in [0.05, 0.1) is 8.66 Å². The molecule has 6 nitrogen and oxygen atoms in total. The molecule has 8 heteroatoms. The maximum Gasteiger partial charge on any atom is 0.262 e. The zero-order chi connectivity index (χ0) is 15.4. The Kier molecular flexibility index (Phi) is 4.92. The van der Waals surface area contributed by atoms with Crippen LogP contribution in [0.15, 0.2) is 34.2 Å². The van der Waals surface area contributed by atoms with Gasteiger partial charge < -0.3 is 15.7 Å². The van der Waals surface area contributed by atoms with Crippen LogP contribution in [0.4, 0.5) is 5.82 Å². The van der Waals surface area contributed by atoms with Crippen molar-refractivity contribution in [2.24, 2.45) is 0 Å². The molecule has 0 aliphatic rings. The standard InChI is InChI=1S/C13H12BrN3O3S/c1-7(16-13(20)9-4-5-10(14)21-9)12(19)17-11-8(18)3-2-6-15-11/h2-7,18H,1H3,(H,16,20)(H,15,17,19). The average Bonchev–Trinajstić information content (AvgIpc) is 2.88. The van der Waals surface area contributed by atoms with Crippen LogP contribution in [0.25, 0.3) is 0 Å². The number of nitrogens with one attached hydrogen (secondary N) is 2. The van der Waals surface area contributed by atoms with E-state index >= 15 is 0 Å². The van der Waals surface area contributed by atoms with Crippen molar-refractivity contribution in [2.75, 3.05) is 5.32 Å². The van der Waals surface area contributed by atoms with Crippen molar-refractivity contribution >= 4 is 44.9 Å². The van der Waals surface area contributed by atoms with Gasteiger partial charge in [0, 0.05) is 6.20 Å². The normalized spacial score (nSPS) is 11.7. The summed E-state index contributed by atoms with van der Waals surface area (Å²) < 4.78 is 0.836. The van der Waals surface area contributed by atoms with Crippen molar-refractivity contribution in [3.63, 3.8) is 0 Å². The van der Waals surface area contributed by atoms with Crippen molar-refractivity contribution in [3.8, 4) is 5.75 Å². The lowest BCUT2D eigenvalue weighted by atomic mass is 10.3. The van der Waals surface area contributed by atoms with Crippen molar-refractivity contribution in [1.82, 2.24) is 10.3 Å². The Morgan fingerprint density at radius 1 is 1.38 bits per heavy atom. The molecule has 0 saturated carbocycles. The molecule has 0 aliphatic carbocycles. The van der Waals surface area contributed by atoms with Crippen LogP contribution in [0.5, 0.6) is 5.75 Å². The fourth-order valence-corrected chi connectivity index (χ4v) is 2.78. The molecule has 0 bridgehead atoms. The number of halogens is 1. The third kappa shape index (κ3) is 4.02. The molecule has 0 saturated heterocycles. The molecule has 2 aromatic rings. The van der Waals surface area contributed by atoms with E-state index in [1.165, 1.54) is 23.6 Å². The number of carbonyl (C=O) groups excluding carboxylic acids is 2. The van der Waals surface area contributed by atoms with E-state index in [0.29, 0.717) is 4.88 Å². The summed E-state index contributed by atoms with van der Waals surface area (Å²) in [4.78, 5) is 28.2. The fraction of sp³-hybridized carbons (Fsp3) is 0.154. The molecule has 0 radical (unpaired) electrons. The summed E-state index contributed by atoms with van der Waals surface area (Å²) in [5.41, 5.74) is 0. The predicted octanol–water partition coefficient (Wildman–Crippen LogP) is 2.37. The number of carbonyl (C=O) groups is 2. The zero-order valence-electron chi connectivity index (χ0n) is 11.0. The van der Waals surface area contributed by atoms with Crippen LogP contribution in [-0.4, -0.2) is 27.9 Å². The van der Waals surface area contributed by atoms with Crippen LogP contribution in [0, 0.1) is 0 Å². The molecule has 2 aromatic heterocycles. The second kappa shape index (κ2) is 6.68. The van der Waals surface area contributed by atoms with E-state index in [9.17, 15) is 14.7 Å². The number of rotatable bonds is 4. The Morgan fingerprint density at radius 3 is 2.76 bits per heavy atom. The lowest BCUT2D eigenvalue weighted by Gasteiger charge is -2.13. The van der Waals surface area contributed by atoms with Crippen LogP contribution in [-0.2, 0) is 4.79 Å². The SMILES string of the molecule is CC(NC(=O)c1ccc(Br)s1)C(=O)Nc1ncccc1O. The second-order valence-corrected chi connectivity index (χ2v) is 6.62. The van der Waals surface area contributed by atoms with E-state index in [4.69, 9.17) is 0 Å². The summed E-state index contributed by atoms with van der Waals surface area (Å²) in [7, 11) is 0. The topological polar surface area (TPSA) is 91.3 Å². The number of anilines is 1. The number of aromatic hydroxyl groups is 1. The number of hydrogen-bond donors (Lipinski definition) is 3. The molecular weight excluding hydrogens is 358 g/mol. The monoisotopic (exact) mass is 369 g/mol. The minimum Gasteiger partial charge on any atom is -0.504 e. The first-order valence-corrected chi connectivity index (χ1v) is 7.59. The van der Waals surface area contributed by atoms with Gasteiger partial charge in [0.2, 0.25) is 5.91 Å². The van der Waals surface area contributed by atoms with Gasteiger partial charge in [0.25, 0.3) is 5.91 Å². The number of thiophene rings is 1. The molecule has 1 unspecified atom stereocenters. The Hall–Kier alpha value is -1.93. The van der Waals surface area contributed by atoms with Gasteiger partial charge in [-0.15, -0.1) is 11.3 Å². The summed E-state index contributed by atoms with van der Waals surface area (Å²) in [5, 5.41) is 14.6. The zero-order valence-corrected chi connectivity index (χ0v) is 13.4. The van der Waals surface area contributed by atoms with Crippen molar-refractivity contribution < 1.29 is 14.7 Å². The van der Waals surface area contributed by atoms with Gasteiger partial charge in [-0.2, -0.15) is 0 Å². The predicted molar refractivity (Wildman–Crippen MR) is 83.5 cm³/mol. The summed E-state index contributed by atoms with van der Waals surface area (Å²) in [5.74, 6) is -0.874. The highest BCUT2D eigenvalue weighted by Crippen LogP contribution is 2.22. The van der Waals surface area contributed by atoms with Gasteiger partial charge in [-0.05, 0) is 47.1 Å². The number of aromatic nitrogens is 1. The van der Waals surface area contributed by atoms with Crippen molar-refractivity contribution in [2.45, 2.75) is 13.0 Å². The van der Waals surface area contributed by atoms with Crippen LogP contribution in [0.1, 0.15) is 16.6 Å². The molecular formula is C13H12BrN3O3S. The third-order valence-electron chi connectivity index (χ3n) is 2.57. The van der Waals surface area contributed by atoms with E-state index in [-0.39, 0.29) is 17.5 Å². The minimum absolute atomic E-state index is 0.0578. The quantitative estimate of drug-likeness (QED) is 0.771. The maximum atomic E-state index is 12.0. The van der Waals surface area contributed by atoms with Crippen LogP contribution in [0.3, 0.4) is 0 Å². The molecule has 3 N–H and O–H groups in total. The van der Waals surface area contributed by atoms with Gasteiger partial charge >= 0.3 is 0 Å². The van der Waals surface area contributed by atoms with Crippen LogP contribution in [0.2, 0.25) is 0 Å². The van der Waals surface area contributed by atoms with Gasteiger partial charge in [0.15, 0.2) is 11.6 Å². The molecule has 0 aromatic carbocycles. The summed E-state index contributed by atoms with van der Waals surface area (Å²) in [6.07, 6.45) is 1.45. The molecule has 110 valence electrons. The molecule has 0 fully saturated rings. The largest absolute Gasteiger partial charge is 0.504 e. The van der Waals surface area contributed by atoms with E-state index in [1.54, 1.807) is 25.1 Å². The van der Waals surface area contributed by atoms with Gasteiger partial charge in [-0.25, -0.2) is 4.98 Å². The second-order valence-electron chi connectivity index (χ2n) is 4.16. The van der Waals surface area contributed by atoms with E-state index < -0.39 is 11.9 Å². The molecule has 21 heavy (non-hydrogen) atoms. The lowest BCUT2D eigenvalue weighted by molar-refractivity contribution is -0.117. The number of nitrogens with zero attached hydrogens (tertiary/aromatic N) is 1. The first kappa shape index (κ1) is 15.5. The van der Waals surface area contributed by atoms with E-state index in [1.807, 2.05) is 0 Å². The highest BCUT2D eigenvalue weighted by Gasteiger charge is 2.19. The lowest BCUT2D eigenvalue weighted by Crippen LogP contribution is -2.41. The van der Waals surface area contributed by atoms with E-state index in [0.717, 1.165) is 3.79 Å². The molecule has 2 heterocycles. The third-order valence-corrected chi connectivity index (χ3v) is 4.19. The average molecular weight is 370 g/mol. The molecule has 2 amide bonds. The van der Waals surface area contributed by atoms with Crippen molar-refractivity contribution in [3.05, 3.63) is 39.1 Å². The minimum atomic E-state index is -0.764. The first-order chi connectivity index (χ1) is 9.97. The Balaban J connectivity index is 1.97. The summed E-state index contributed by atoms with van der Waals surface area (Å²) >= 11 is 4.55. The molecule has 1 atom stereocenters. The first-order valence-electron chi connectivity index (χ1n) is 5.98. The molecule has 0 aliphatic heterocycles. The highest BCUT2D eigenvalue weighted by molar-refractivity contribution is 9.11.